The molecule has 2 aromatic rings. The summed E-state index contributed by atoms with van der Waals surface area (Å²) in [6, 6.07) is 13.4. The van der Waals surface area contributed by atoms with Gasteiger partial charge in [0.2, 0.25) is 15.8 Å². The number of Topliss-reactive ketones (excluding diaryl/α,β-unsaturated/α-hetero) is 1. The molecule has 1 N–H and O–H groups in total. The van der Waals surface area contributed by atoms with E-state index in [1.807, 2.05) is 31.2 Å². The molecule has 0 saturated carbocycles. The van der Waals surface area contributed by atoms with Gasteiger partial charge in [-0.2, -0.15) is 0 Å². The number of esters is 1. The number of sulfonamides is 1. The fourth-order valence-corrected chi connectivity index (χ4v) is 3.27. The van der Waals surface area contributed by atoms with Gasteiger partial charge in [0.15, 0.2) is 6.10 Å². The van der Waals surface area contributed by atoms with E-state index in [4.69, 9.17) is 9.47 Å². The second-order valence-corrected chi connectivity index (χ2v) is 8.24. The number of hydrogen-bond donors (Lipinski definition) is 1. The van der Waals surface area contributed by atoms with Crippen LogP contribution in [0.4, 0.5) is 5.69 Å². The highest BCUT2D eigenvalue weighted by molar-refractivity contribution is 7.92. The molecule has 0 spiro atoms. The fraction of sp³-hybridized carbons (Fsp3) is 0.333. The van der Waals surface area contributed by atoms with E-state index in [1.165, 1.54) is 31.2 Å². The summed E-state index contributed by atoms with van der Waals surface area (Å²) in [7, 11) is -3.39. The van der Waals surface area contributed by atoms with Crippen LogP contribution in [0.15, 0.2) is 48.5 Å². The van der Waals surface area contributed by atoms with E-state index in [9.17, 15) is 18.0 Å². The Labute approximate surface area is 171 Å². The van der Waals surface area contributed by atoms with Crippen LogP contribution in [0.25, 0.3) is 0 Å². The van der Waals surface area contributed by atoms with Gasteiger partial charge in [-0.1, -0.05) is 18.2 Å². The molecule has 0 amide bonds. The first-order valence-corrected chi connectivity index (χ1v) is 11.1. The molecule has 0 fully saturated rings. The van der Waals surface area contributed by atoms with E-state index < -0.39 is 22.1 Å². The van der Waals surface area contributed by atoms with Crippen LogP contribution < -0.4 is 9.46 Å². The predicted molar refractivity (Wildman–Crippen MR) is 111 cm³/mol. The maximum absolute atomic E-state index is 12.5. The highest BCUT2D eigenvalue weighted by atomic mass is 32.2. The Balaban J connectivity index is 1.91. The monoisotopic (exact) mass is 419 g/mol. The summed E-state index contributed by atoms with van der Waals surface area (Å²) in [5, 5.41) is 0. The van der Waals surface area contributed by atoms with E-state index in [1.54, 1.807) is 0 Å². The molecule has 29 heavy (non-hydrogen) atoms. The Kier molecular flexibility index (Phi) is 7.78. The quantitative estimate of drug-likeness (QED) is 0.469. The molecule has 0 bridgehead atoms. The summed E-state index contributed by atoms with van der Waals surface area (Å²) in [5.41, 5.74) is 1.58. The smallest absolute Gasteiger partial charge is 0.306 e. The van der Waals surface area contributed by atoms with Gasteiger partial charge in [-0.25, -0.2) is 8.42 Å². The molecule has 0 unspecified atom stereocenters. The van der Waals surface area contributed by atoms with Crippen molar-refractivity contribution in [2.24, 2.45) is 0 Å². The van der Waals surface area contributed by atoms with Crippen molar-refractivity contribution in [1.29, 1.82) is 0 Å². The minimum Gasteiger partial charge on any atom is -0.494 e. The summed E-state index contributed by atoms with van der Waals surface area (Å²) >= 11 is 0. The van der Waals surface area contributed by atoms with E-state index in [0.29, 0.717) is 24.3 Å². The maximum Gasteiger partial charge on any atom is 0.306 e. The molecule has 7 nitrogen and oxygen atoms in total. The minimum absolute atomic E-state index is 0.124. The largest absolute Gasteiger partial charge is 0.494 e. The van der Waals surface area contributed by atoms with Crippen molar-refractivity contribution in [3.8, 4) is 5.75 Å². The molecular weight excluding hydrogens is 394 g/mol. The Morgan fingerprint density at radius 1 is 1.07 bits per heavy atom. The molecule has 156 valence electrons. The highest BCUT2D eigenvalue weighted by Crippen LogP contribution is 2.20. The molecule has 0 radical (unpaired) electrons. The fourth-order valence-electron chi connectivity index (χ4n) is 2.70. The first-order chi connectivity index (χ1) is 13.7. The van der Waals surface area contributed by atoms with E-state index in [-0.39, 0.29) is 12.2 Å². The molecule has 0 aliphatic rings. The number of benzene rings is 2. The van der Waals surface area contributed by atoms with Gasteiger partial charge in [-0.15, -0.1) is 0 Å². The molecular formula is C21H25NO6S. The van der Waals surface area contributed by atoms with Crippen molar-refractivity contribution < 1.29 is 27.5 Å². The zero-order valence-electron chi connectivity index (χ0n) is 16.7. The lowest BCUT2D eigenvalue weighted by molar-refractivity contribution is -0.146. The second-order valence-electron chi connectivity index (χ2n) is 6.49. The Hall–Kier alpha value is -2.87. The first kappa shape index (κ1) is 22.4. The number of carbonyl (C=O) groups is 2. The third-order valence-corrected chi connectivity index (χ3v) is 4.63. The molecule has 2 aromatic carbocycles. The Morgan fingerprint density at radius 2 is 1.72 bits per heavy atom. The molecule has 0 saturated heterocycles. The Morgan fingerprint density at radius 3 is 2.34 bits per heavy atom. The zero-order valence-corrected chi connectivity index (χ0v) is 17.5. The van der Waals surface area contributed by atoms with Gasteiger partial charge >= 0.3 is 5.97 Å². The molecule has 1 atom stereocenters. The third-order valence-electron chi connectivity index (χ3n) is 4.02. The number of anilines is 1. The van der Waals surface area contributed by atoms with Crippen LogP contribution in [-0.2, 0) is 26.0 Å². The SMILES string of the molecule is CCOc1ccccc1CCC(=O)O[C@H](C)C(=O)c1ccc(NS(C)(=O)=O)cc1. The van der Waals surface area contributed by atoms with Gasteiger partial charge in [-0.05, 0) is 56.2 Å². The molecule has 0 aliphatic carbocycles. The number of para-hydroxylation sites is 1. The number of carbonyl (C=O) groups excluding carboxylic acids is 2. The van der Waals surface area contributed by atoms with Crippen LogP contribution in [0.5, 0.6) is 5.75 Å². The maximum atomic E-state index is 12.5. The van der Waals surface area contributed by atoms with Crippen LogP contribution in [0.2, 0.25) is 0 Å². The Bertz CT molecular complexity index is 953. The highest BCUT2D eigenvalue weighted by Gasteiger charge is 2.20. The second kappa shape index (κ2) is 10.1. The van der Waals surface area contributed by atoms with Crippen molar-refractivity contribution in [2.75, 3.05) is 17.6 Å². The van der Waals surface area contributed by atoms with Crippen LogP contribution in [0, 0.1) is 0 Å². The van der Waals surface area contributed by atoms with Gasteiger partial charge in [-0.3, -0.25) is 14.3 Å². The topological polar surface area (TPSA) is 98.8 Å². The molecule has 2 rings (SSSR count). The summed E-state index contributed by atoms with van der Waals surface area (Å²) in [6.45, 7) is 3.94. The number of nitrogens with one attached hydrogen (secondary N) is 1. The number of ketones is 1. The van der Waals surface area contributed by atoms with Crippen LogP contribution in [-0.4, -0.2) is 39.1 Å². The van der Waals surface area contributed by atoms with Gasteiger partial charge in [0.1, 0.15) is 5.75 Å². The van der Waals surface area contributed by atoms with E-state index >= 15 is 0 Å². The van der Waals surface area contributed by atoms with Crippen LogP contribution >= 0.6 is 0 Å². The van der Waals surface area contributed by atoms with Gasteiger partial charge in [0, 0.05) is 17.7 Å². The van der Waals surface area contributed by atoms with Gasteiger partial charge in [0.05, 0.1) is 12.9 Å². The van der Waals surface area contributed by atoms with Crippen molar-refractivity contribution in [3.05, 3.63) is 59.7 Å². The summed E-state index contributed by atoms with van der Waals surface area (Å²) in [5.74, 6) is -0.110. The van der Waals surface area contributed by atoms with Gasteiger partial charge < -0.3 is 9.47 Å². The molecule has 0 aromatic heterocycles. The van der Waals surface area contributed by atoms with Crippen molar-refractivity contribution >= 4 is 27.5 Å². The lowest BCUT2D eigenvalue weighted by Gasteiger charge is -2.14. The molecule has 0 aliphatic heterocycles. The predicted octanol–water partition coefficient (Wildman–Crippen LogP) is 3.20. The van der Waals surface area contributed by atoms with E-state index in [2.05, 4.69) is 4.72 Å². The molecule has 0 heterocycles. The van der Waals surface area contributed by atoms with Crippen LogP contribution in [0.3, 0.4) is 0 Å². The lowest BCUT2D eigenvalue weighted by atomic mass is 10.1. The lowest BCUT2D eigenvalue weighted by Crippen LogP contribution is -2.24. The zero-order chi connectivity index (χ0) is 21.4. The number of hydrogen-bond acceptors (Lipinski definition) is 6. The van der Waals surface area contributed by atoms with Crippen molar-refractivity contribution in [2.45, 2.75) is 32.8 Å². The summed E-state index contributed by atoms with van der Waals surface area (Å²) < 4.78 is 35.6. The normalized spacial score (nSPS) is 12.1. The van der Waals surface area contributed by atoms with Gasteiger partial charge in [0.25, 0.3) is 0 Å². The number of rotatable bonds is 10. The standard InChI is InChI=1S/C21H25NO6S/c1-4-27-19-8-6-5-7-16(19)11-14-20(23)28-15(2)21(24)17-9-12-18(13-10-17)22-29(3,25)26/h5-10,12-13,15,22H,4,11,14H2,1-3H3/t15-/m1/s1. The summed E-state index contributed by atoms with van der Waals surface area (Å²) in [6.07, 6.45) is 0.666. The average Bonchev–Trinajstić information content (AvgIpc) is 2.66. The van der Waals surface area contributed by atoms with E-state index in [0.717, 1.165) is 17.6 Å². The third kappa shape index (κ3) is 7.23. The van der Waals surface area contributed by atoms with Crippen molar-refractivity contribution in [1.82, 2.24) is 0 Å². The number of aryl methyl sites for hydroxylation is 1. The average molecular weight is 419 g/mol. The van der Waals surface area contributed by atoms with Crippen molar-refractivity contribution in [3.63, 3.8) is 0 Å². The minimum atomic E-state index is -3.39. The first-order valence-electron chi connectivity index (χ1n) is 9.22. The van der Waals surface area contributed by atoms with Crippen LogP contribution in [0.1, 0.15) is 36.2 Å². The number of ether oxygens (including phenoxy) is 2. The summed E-state index contributed by atoms with van der Waals surface area (Å²) in [4.78, 5) is 24.6. The molecule has 8 heteroatoms.